The predicted molar refractivity (Wildman–Crippen MR) is 156 cm³/mol. The SMILES string of the molecule is O=C(O)CCc1ccccc1-c1ccccc1CC1(Cc2ccccc2-c2ccccc2CCC(=O)O)COC1. The molecule has 0 aromatic heterocycles. The number of aryl methyl sites for hydroxylation is 2. The zero-order valence-corrected chi connectivity index (χ0v) is 22.5. The smallest absolute Gasteiger partial charge is 0.303 e. The van der Waals surface area contributed by atoms with Crippen LogP contribution in [-0.4, -0.2) is 35.4 Å². The molecule has 4 aromatic carbocycles. The molecule has 2 N–H and O–H groups in total. The first-order valence-corrected chi connectivity index (χ1v) is 13.8. The zero-order chi connectivity index (χ0) is 28.0. The highest BCUT2D eigenvalue weighted by Gasteiger charge is 2.40. The second-order valence-corrected chi connectivity index (χ2v) is 10.8. The molecule has 1 fully saturated rings. The number of carboxylic acid groups (broad SMARTS) is 2. The van der Waals surface area contributed by atoms with Gasteiger partial charge in [0, 0.05) is 18.3 Å². The van der Waals surface area contributed by atoms with E-state index in [9.17, 15) is 19.8 Å². The molecule has 0 spiro atoms. The van der Waals surface area contributed by atoms with E-state index in [1.807, 2.05) is 48.5 Å². The van der Waals surface area contributed by atoms with Gasteiger partial charge in [-0.15, -0.1) is 0 Å². The van der Waals surface area contributed by atoms with Crippen LogP contribution >= 0.6 is 0 Å². The van der Waals surface area contributed by atoms with Gasteiger partial charge in [0.15, 0.2) is 0 Å². The molecule has 1 heterocycles. The quantitative estimate of drug-likeness (QED) is 0.208. The van der Waals surface area contributed by atoms with Crippen molar-refractivity contribution in [3.05, 3.63) is 119 Å². The Balaban J connectivity index is 1.46. The molecule has 0 amide bonds. The molecule has 0 radical (unpaired) electrons. The molecule has 5 rings (SSSR count). The normalized spacial score (nSPS) is 13.9. The summed E-state index contributed by atoms with van der Waals surface area (Å²) in [5.74, 6) is -1.59. The average Bonchev–Trinajstić information content (AvgIpc) is 2.95. The third-order valence-corrected chi connectivity index (χ3v) is 7.81. The lowest BCUT2D eigenvalue weighted by atomic mass is 9.72. The van der Waals surface area contributed by atoms with Crippen molar-refractivity contribution in [3.63, 3.8) is 0 Å². The fraction of sp³-hybridized carbons (Fsp3) is 0.257. The Bertz CT molecular complexity index is 1390. The molecule has 0 saturated carbocycles. The highest BCUT2D eigenvalue weighted by Crippen LogP contribution is 2.41. The topological polar surface area (TPSA) is 83.8 Å². The number of aliphatic carboxylic acids is 2. The maximum Gasteiger partial charge on any atom is 0.303 e. The van der Waals surface area contributed by atoms with Gasteiger partial charge in [0.1, 0.15) is 0 Å². The van der Waals surface area contributed by atoms with E-state index in [4.69, 9.17) is 4.74 Å². The second kappa shape index (κ2) is 12.3. The van der Waals surface area contributed by atoms with Gasteiger partial charge in [0.25, 0.3) is 0 Å². The summed E-state index contributed by atoms with van der Waals surface area (Å²) < 4.78 is 5.82. The van der Waals surface area contributed by atoms with Gasteiger partial charge >= 0.3 is 11.9 Å². The summed E-state index contributed by atoms with van der Waals surface area (Å²) in [4.78, 5) is 22.5. The molecule has 0 unspecified atom stereocenters. The summed E-state index contributed by atoms with van der Waals surface area (Å²) in [5, 5.41) is 18.5. The van der Waals surface area contributed by atoms with Crippen LogP contribution in [0.25, 0.3) is 22.3 Å². The summed E-state index contributed by atoms with van der Waals surface area (Å²) in [6, 6.07) is 33.0. The summed E-state index contributed by atoms with van der Waals surface area (Å²) in [7, 11) is 0. The van der Waals surface area contributed by atoms with Crippen molar-refractivity contribution in [2.45, 2.75) is 38.5 Å². The second-order valence-electron chi connectivity index (χ2n) is 10.8. The number of benzene rings is 4. The highest BCUT2D eigenvalue weighted by molar-refractivity contribution is 5.74. The predicted octanol–water partition coefficient (Wildman–Crippen LogP) is 6.86. The monoisotopic (exact) mass is 534 g/mol. The Morgan fingerprint density at radius 2 is 0.875 bits per heavy atom. The molecule has 0 atom stereocenters. The van der Waals surface area contributed by atoms with Crippen LogP contribution in [0.2, 0.25) is 0 Å². The van der Waals surface area contributed by atoms with E-state index in [2.05, 4.69) is 48.5 Å². The van der Waals surface area contributed by atoms with Gasteiger partial charge < -0.3 is 14.9 Å². The van der Waals surface area contributed by atoms with Gasteiger partial charge in [-0.25, -0.2) is 0 Å². The van der Waals surface area contributed by atoms with E-state index < -0.39 is 11.9 Å². The Labute approximate surface area is 235 Å². The fourth-order valence-electron chi connectivity index (χ4n) is 5.83. The van der Waals surface area contributed by atoms with Crippen molar-refractivity contribution in [3.8, 4) is 22.3 Å². The van der Waals surface area contributed by atoms with Gasteiger partial charge in [0.2, 0.25) is 0 Å². The fourth-order valence-corrected chi connectivity index (χ4v) is 5.83. The Hall–Kier alpha value is -4.22. The number of ether oxygens (including phenoxy) is 1. The maximum atomic E-state index is 11.3. The number of carbonyl (C=O) groups is 2. The first-order chi connectivity index (χ1) is 19.4. The lowest BCUT2D eigenvalue weighted by Crippen LogP contribution is -2.46. The van der Waals surface area contributed by atoms with Crippen LogP contribution < -0.4 is 0 Å². The van der Waals surface area contributed by atoms with Crippen LogP contribution in [0.4, 0.5) is 0 Å². The minimum Gasteiger partial charge on any atom is -0.481 e. The van der Waals surface area contributed by atoms with Crippen molar-refractivity contribution in [2.75, 3.05) is 13.2 Å². The lowest BCUT2D eigenvalue weighted by molar-refractivity contribution is -0.138. The van der Waals surface area contributed by atoms with Gasteiger partial charge in [-0.2, -0.15) is 0 Å². The van der Waals surface area contributed by atoms with Crippen LogP contribution in [0.1, 0.15) is 35.1 Å². The molecule has 4 aromatic rings. The first-order valence-electron chi connectivity index (χ1n) is 13.8. The number of carboxylic acids is 2. The molecule has 40 heavy (non-hydrogen) atoms. The van der Waals surface area contributed by atoms with E-state index in [-0.39, 0.29) is 18.3 Å². The van der Waals surface area contributed by atoms with Crippen LogP contribution in [0, 0.1) is 5.41 Å². The van der Waals surface area contributed by atoms with Crippen LogP contribution in [0.5, 0.6) is 0 Å². The standard InChI is InChI=1S/C35H34O5/c36-33(37)19-17-25-9-1-5-13-29(25)31-15-7-3-11-27(31)21-35(23-40-24-35)22-28-12-4-8-16-32(28)30-14-6-2-10-26(30)18-20-34(38)39/h1-16H,17-24H2,(H,36,37)(H,38,39). The molecule has 1 aliphatic heterocycles. The van der Waals surface area contributed by atoms with Crippen molar-refractivity contribution < 1.29 is 24.5 Å². The van der Waals surface area contributed by atoms with Crippen LogP contribution in [0.15, 0.2) is 97.1 Å². The van der Waals surface area contributed by atoms with E-state index in [0.29, 0.717) is 26.1 Å². The van der Waals surface area contributed by atoms with Crippen molar-refractivity contribution >= 4 is 11.9 Å². The Morgan fingerprint density at radius 3 is 1.20 bits per heavy atom. The molecular formula is C35H34O5. The van der Waals surface area contributed by atoms with Crippen LogP contribution in [0.3, 0.4) is 0 Å². The molecule has 0 bridgehead atoms. The number of hydrogen-bond donors (Lipinski definition) is 2. The van der Waals surface area contributed by atoms with E-state index in [1.54, 1.807) is 0 Å². The molecule has 1 aliphatic rings. The molecule has 1 saturated heterocycles. The van der Waals surface area contributed by atoms with Gasteiger partial charge in [-0.3, -0.25) is 9.59 Å². The minimum atomic E-state index is -0.795. The molecule has 5 nitrogen and oxygen atoms in total. The summed E-state index contributed by atoms with van der Waals surface area (Å²) in [5.41, 5.74) is 8.92. The van der Waals surface area contributed by atoms with E-state index in [0.717, 1.165) is 46.2 Å². The van der Waals surface area contributed by atoms with Crippen molar-refractivity contribution in [1.29, 1.82) is 0 Å². The van der Waals surface area contributed by atoms with Crippen molar-refractivity contribution in [2.24, 2.45) is 5.41 Å². The zero-order valence-electron chi connectivity index (χ0n) is 22.5. The number of rotatable bonds is 12. The molecular weight excluding hydrogens is 500 g/mol. The van der Waals surface area contributed by atoms with Gasteiger partial charge in [0.05, 0.1) is 13.2 Å². The molecule has 5 heteroatoms. The Morgan fingerprint density at radius 1 is 0.550 bits per heavy atom. The largest absolute Gasteiger partial charge is 0.481 e. The van der Waals surface area contributed by atoms with Gasteiger partial charge in [-0.05, 0) is 70.2 Å². The first kappa shape index (κ1) is 27.4. The average molecular weight is 535 g/mol. The van der Waals surface area contributed by atoms with E-state index >= 15 is 0 Å². The Kier molecular flexibility index (Phi) is 8.42. The van der Waals surface area contributed by atoms with Crippen molar-refractivity contribution in [1.82, 2.24) is 0 Å². The third-order valence-electron chi connectivity index (χ3n) is 7.81. The van der Waals surface area contributed by atoms with Crippen LogP contribution in [-0.2, 0) is 40.0 Å². The maximum absolute atomic E-state index is 11.3. The minimum absolute atomic E-state index is 0.0712. The molecule has 0 aliphatic carbocycles. The highest BCUT2D eigenvalue weighted by atomic mass is 16.5. The lowest BCUT2D eigenvalue weighted by Gasteiger charge is -2.43. The van der Waals surface area contributed by atoms with E-state index in [1.165, 1.54) is 11.1 Å². The summed E-state index contributed by atoms with van der Waals surface area (Å²) in [6.45, 7) is 1.33. The molecule has 204 valence electrons. The summed E-state index contributed by atoms with van der Waals surface area (Å²) >= 11 is 0. The van der Waals surface area contributed by atoms with Gasteiger partial charge in [-0.1, -0.05) is 97.1 Å². The number of hydrogen-bond acceptors (Lipinski definition) is 3. The third kappa shape index (κ3) is 6.32. The summed E-state index contributed by atoms with van der Waals surface area (Å²) in [6.07, 6.45) is 2.85.